The molecule has 0 unspecified atom stereocenters. The fourth-order valence-electron chi connectivity index (χ4n) is 0.227. The zero-order valence-corrected chi connectivity index (χ0v) is 4.76. The monoisotopic (exact) mass is 117 g/mol. The Kier molecular flexibility index (Phi) is 3.97. The van der Waals surface area contributed by atoms with E-state index < -0.39 is 6.09 Å². The minimum atomic E-state index is -0.702. The van der Waals surface area contributed by atoms with E-state index in [9.17, 15) is 4.79 Å². The molecule has 0 spiro atoms. The second kappa shape index (κ2) is 4.39. The van der Waals surface area contributed by atoms with Crippen molar-refractivity contribution in [3.63, 3.8) is 0 Å². The first-order valence-electron chi connectivity index (χ1n) is 2.39. The van der Waals surface area contributed by atoms with Gasteiger partial charge in [-0.25, -0.2) is 10.6 Å². The van der Waals surface area contributed by atoms with Crippen LogP contribution >= 0.6 is 0 Å². The summed E-state index contributed by atoms with van der Waals surface area (Å²) >= 11 is 0. The molecular weight excluding hydrogens is 108 g/mol. The zero-order chi connectivity index (χ0) is 6.41. The molecular formula is C4H9N2O2. The maximum Gasteiger partial charge on any atom is 0.445 e. The Hall–Kier alpha value is -0.770. The van der Waals surface area contributed by atoms with E-state index in [-0.39, 0.29) is 0 Å². The SMILES string of the molecule is CCCOC(=O)[N]N. The largest absolute Gasteiger partial charge is 0.447 e. The number of rotatable bonds is 2. The van der Waals surface area contributed by atoms with Crippen molar-refractivity contribution in [2.75, 3.05) is 6.61 Å². The van der Waals surface area contributed by atoms with Crippen LogP contribution in [0.3, 0.4) is 0 Å². The molecule has 47 valence electrons. The number of hydrogen-bond donors (Lipinski definition) is 1. The molecule has 1 amide bonds. The smallest absolute Gasteiger partial charge is 0.445 e. The molecule has 1 radical (unpaired) electrons. The molecule has 0 aliphatic rings. The number of carbonyl (C=O) groups excluding carboxylic acids is 1. The molecule has 8 heavy (non-hydrogen) atoms. The summed E-state index contributed by atoms with van der Waals surface area (Å²) in [6.45, 7) is 2.28. The van der Waals surface area contributed by atoms with E-state index >= 15 is 0 Å². The van der Waals surface area contributed by atoms with Gasteiger partial charge in [0.05, 0.1) is 6.61 Å². The van der Waals surface area contributed by atoms with Crippen molar-refractivity contribution in [3.8, 4) is 0 Å². The quantitative estimate of drug-likeness (QED) is 0.315. The average molecular weight is 117 g/mol. The molecule has 0 aliphatic carbocycles. The first kappa shape index (κ1) is 7.23. The van der Waals surface area contributed by atoms with Crippen molar-refractivity contribution in [2.45, 2.75) is 13.3 Å². The minimum Gasteiger partial charge on any atom is -0.447 e. The molecule has 0 heterocycles. The topological polar surface area (TPSA) is 66.4 Å². The Balaban J connectivity index is 2.99. The summed E-state index contributed by atoms with van der Waals surface area (Å²) in [7, 11) is 0. The molecule has 0 bridgehead atoms. The fraction of sp³-hybridized carbons (Fsp3) is 0.750. The van der Waals surface area contributed by atoms with E-state index in [0.29, 0.717) is 6.61 Å². The Morgan fingerprint density at radius 1 is 1.88 bits per heavy atom. The van der Waals surface area contributed by atoms with E-state index in [1.54, 1.807) is 0 Å². The summed E-state index contributed by atoms with van der Waals surface area (Å²) in [4.78, 5) is 10.1. The first-order valence-corrected chi connectivity index (χ1v) is 2.39. The predicted octanol–water partition coefficient (Wildman–Crippen LogP) is 0.0111. The van der Waals surface area contributed by atoms with Crippen molar-refractivity contribution < 1.29 is 9.53 Å². The summed E-state index contributed by atoms with van der Waals surface area (Å²) < 4.78 is 4.41. The summed E-state index contributed by atoms with van der Waals surface area (Å²) in [6, 6.07) is 0. The van der Waals surface area contributed by atoms with Crippen LogP contribution in [0.5, 0.6) is 0 Å². The highest BCUT2D eigenvalue weighted by molar-refractivity contribution is 5.65. The Bertz CT molecular complexity index is 74.4. The van der Waals surface area contributed by atoms with Crippen LogP contribution in [0.4, 0.5) is 4.79 Å². The Labute approximate surface area is 48.0 Å². The molecule has 0 fully saturated rings. The van der Waals surface area contributed by atoms with Crippen LogP contribution in [0.25, 0.3) is 0 Å². The van der Waals surface area contributed by atoms with Crippen molar-refractivity contribution in [1.29, 1.82) is 0 Å². The van der Waals surface area contributed by atoms with Crippen LogP contribution in [-0.4, -0.2) is 12.7 Å². The number of nitrogens with two attached hydrogens (primary N) is 1. The first-order chi connectivity index (χ1) is 3.81. The third kappa shape index (κ3) is 3.42. The molecule has 0 saturated carbocycles. The molecule has 0 atom stereocenters. The second-order valence-electron chi connectivity index (χ2n) is 1.24. The number of nitrogens with zero attached hydrogens (tertiary/aromatic N) is 1. The van der Waals surface area contributed by atoms with E-state index in [4.69, 9.17) is 0 Å². The van der Waals surface area contributed by atoms with Gasteiger partial charge in [0.25, 0.3) is 0 Å². The highest BCUT2D eigenvalue weighted by atomic mass is 16.5. The average Bonchev–Trinajstić information content (AvgIpc) is 1.83. The molecule has 0 saturated heterocycles. The highest BCUT2D eigenvalue weighted by Crippen LogP contribution is 1.79. The van der Waals surface area contributed by atoms with E-state index in [2.05, 4.69) is 16.0 Å². The maximum atomic E-state index is 10.1. The van der Waals surface area contributed by atoms with Crippen LogP contribution < -0.4 is 11.3 Å². The number of hydrogen-bond acceptors (Lipinski definition) is 3. The van der Waals surface area contributed by atoms with Crippen molar-refractivity contribution >= 4 is 6.09 Å². The number of amides is 1. The van der Waals surface area contributed by atoms with Crippen LogP contribution in [0.2, 0.25) is 0 Å². The van der Waals surface area contributed by atoms with Crippen molar-refractivity contribution in [3.05, 3.63) is 0 Å². The lowest BCUT2D eigenvalue weighted by molar-refractivity contribution is 0.145. The third-order valence-corrected chi connectivity index (χ3v) is 0.535. The van der Waals surface area contributed by atoms with Crippen LogP contribution in [0.15, 0.2) is 0 Å². The van der Waals surface area contributed by atoms with Gasteiger partial charge in [-0.2, -0.15) is 0 Å². The van der Waals surface area contributed by atoms with Crippen molar-refractivity contribution in [1.82, 2.24) is 5.43 Å². The lowest BCUT2D eigenvalue weighted by atomic mass is 10.5. The maximum absolute atomic E-state index is 10.1. The normalized spacial score (nSPS) is 8.25. The van der Waals surface area contributed by atoms with Crippen LogP contribution in [0.1, 0.15) is 13.3 Å². The van der Waals surface area contributed by atoms with E-state index in [1.165, 1.54) is 0 Å². The van der Waals surface area contributed by atoms with Gasteiger partial charge in [0.15, 0.2) is 0 Å². The summed E-state index contributed by atoms with van der Waals surface area (Å²) in [5, 5.41) is 0. The van der Waals surface area contributed by atoms with Crippen LogP contribution in [-0.2, 0) is 4.74 Å². The summed E-state index contributed by atoms with van der Waals surface area (Å²) in [5.41, 5.74) is 2.76. The Morgan fingerprint density at radius 3 is 2.88 bits per heavy atom. The second-order valence-corrected chi connectivity index (χ2v) is 1.24. The van der Waals surface area contributed by atoms with Gasteiger partial charge in [-0.1, -0.05) is 6.92 Å². The highest BCUT2D eigenvalue weighted by Gasteiger charge is 1.95. The Morgan fingerprint density at radius 2 is 2.50 bits per heavy atom. The van der Waals surface area contributed by atoms with Gasteiger partial charge in [-0.3, -0.25) is 0 Å². The van der Waals surface area contributed by atoms with E-state index in [0.717, 1.165) is 6.42 Å². The van der Waals surface area contributed by atoms with Gasteiger partial charge in [0.2, 0.25) is 0 Å². The van der Waals surface area contributed by atoms with Gasteiger partial charge >= 0.3 is 6.09 Å². The third-order valence-electron chi connectivity index (χ3n) is 0.535. The molecule has 4 heteroatoms. The molecule has 4 nitrogen and oxygen atoms in total. The van der Waals surface area contributed by atoms with Gasteiger partial charge in [0.1, 0.15) is 0 Å². The van der Waals surface area contributed by atoms with Gasteiger partial charge in [-0.15, -0.1) is 5.43 Å². The van der Waals surface area contributed by atoms with Crippen LogP contribution in [0, 0.1) is 0 Å². The lowest BCUT2D eigenvalue weighted by Crippen LogP contribution is -2.22. The number of ether oxygens (including phenoxy) is 1. The van der Waals surface area contributed by atoms with Gasteiger partial charge in [0, 0.05) is 0 Å². The predicted molar refractivity (Wildman–Crippen MR) is 28.0 cm³/mol. The molecule has 0 aromatic heterocycles. The summed E-state index contributed by atoms with van der Waals surface area (Å²) in [6.07, 6.45) is 0.0909. The minimum absolute atomic E-state index is 0.388. The van der Waals surface area contributed by atoms with Gasteiger partial charge in [-0.05, 0) is 6.42 Å². The van der Waals surface area contributed by atoms with E-state index in [1.807, 2.05) is 6.92 Å². The number of carbonyl (C=O) groups is 1. The summed E-state index contributed by atoms with van der Waals surface area (Å²) in [5.74, 6) is 4.56. The molecule has 0 rings (SSSR count). The zero-order valence-electron chi connectivity index (χ0n) is 4.76. The van der Waals surface area contributed by atoms with Crippen molar-refractivity contribution in [2.24, 2.45) is 5.84 Å². The molecule has 0 aliphatic heterocycles. The van der Waals surface area contributed by atoms with Gasteiger partial charge < -0.3 is 4.74 Å². The molecule has 0 aromatic rings. The molecule has 2 N–H and O–H groups in total. The standard InChI is InChI=1S/C4H9N2O2/c1-2-3-8-4(7)6-5/h2-3,5H2,1H3. The molecule has 0 aromatic carbocycles. The lowest BCUT2D eigenvalue weighted by Gasteiger charge is -1.95. The fourth-order valence-corrected chi connectivity index (χ4v) is 0.227.